The van der Waals surface area contributed by atoms with E-state index in [1.165, 1.54) is 24.3 Å². The molecule has 0 saturated carbocycles. The van der Waals surface area contributed by atoms with Gasteiger partial charge in [-0.05, 0) is 36.5 Å². The lowest BCUT2D eigenvalue weighted by molar-refractivity contribution is 0.515. The van der Waals surface area contributed by atoms with Gasteiger partial charge in [0.05, 0.1) is 0 Å². The van der Waals surface area contributed by atoms with Crippen LogP contribution >= 0.6 is 23.5 Å². The molecule has 0 bridgehead atoms. The van der Waals surface area contributed by atoms with Crippen LogP contribution in [0.4, 0.5) is 11.6 Å². The van der Waals surface area contributed by atoms with Gasteiger partial charge in [0.15, 0.2) is 5.16 Å². The Morgan fingerprint density at radius 3 is 2.72 bits per heavy atom. The third-order valence-electron chi connectivity index (χ3n) is 3.06. The maximum Gasteiger partial charge on any atom is 0.191 e. The summed E-state index contributed by atoms with van der Waals surface area (Å²) >= 11 is 3.63. The highest BCUT2D eigenvalue weighted by Gasteiger charge is 2.13. The van der Waals surface area contributed by atoms with Crippen molar-refractivity contribution in [3.63, 3.8) is 0 Å². The van der Waals surface area contributed by atoms with Crippen molar-refractivity contribution in [1.29, 1.82) is 0 Å². The number of thioether (sulfide) groups is 2. The van der Waals surface area contributed by atoms with Gasteiger partial charge in [-0.2, -0.15) is 11.8 Å². The van der Waals surface area contributed by atoms with Gasteiger partial charge in [-0.15, -0.1) is 0 Å². The molecule has 2 N–H and O–H groups in total. The van der Waals surface area contributed by atoms with E-state index < -0.39 is 0 Å². The largest absolute Gasteiger partial charge is 0.373 e. The fraction of sp³-hybridized carbons (Fsp3) is 0.667. The van der Waals surface area contributed by atoms with Crippen LogP contribution in [0.2, 0.25) is 0 Å². The first-order valence-corrected chi connectivity index (χ1v) is 8.62. The summed E-state index contributed by atoms with van der Waals surface area (Å²) in [5.74, 6) is 5.19. The molecule has 1 aliphatic heterocycles. The fourth-order valence-electron chi connectivity index (χ4n) is 1.93. The standard InChI is InChI=1S/C12H20N4S2/c1-13-10-7-11(16-12(15-10)17-2)14-8-9-3-5-18-6-4-9/h7,9H,3-6,8H2,1-2H3,(H2,13,14,15,16). The van der Waals surface area contributed by atoms with Crippen molar-refractivity contribution in [2.75, 3.05) is 42.0 Å². The SMILES string of the molecule is CNc1cc(NCC2CCSCC2)nc(SC)n1. The van der Waals surface area contributed by atoms with E-state index in [2.05, 4.69) is 32.4 Å². The van der Waals surface area contributed by atoms with E-state index in [0.717, 1.165) is 29.3 Å². The third-order valence-corrected chi connectivity index (χ3v) is 4.65. The van der Waals surface area contributed by atoms with Gasteiger partial charge < -0.3 is 10.6 Å². The van der Waals surface area contributed by atoms with Crippen LogP contribution in [0.5, 0.6) is 0 Å². The molecule has 0 aromatic carbocycles. The lowest BCUT2D eigenvalue weighted by Gasteiger charge is -2.21. The summed E-state index contributed by atoms with van der Waals surface area (Å²) in [6.07, 6.45) is 4.63. The Hall–Kier alpha value is -0.620. The third kappa shape index (κ3) is 3.95. The van der Waals surface area contributed by atoms with Crippen molar-refractivity contribution in [2.24, 2.45) is 5.92 Å². The predicted octanol–water partition coefficient (Wildman–Crippen LogP) is 2.80. The number of aromatic nitrogens is 2. The molecule has 1 aromatic heterocycles. The van der Waals surface area contributed by atoms with Gasteiger partial charge in [0.1, 0.15) is 11.6 Å². The highest BCUT2D eigenvalue weighted by atomic mass is 32.2. The van der Waals surface area contributed by atoms with Crippen LogP contribution in [0.25, 0.3) is 0 Å². The fourth-order valence-corrected chi connectivity index (χ4v) is 3.52. The van der Waals surface area contributed by atoms with Gasteiger partial charge in [0, 0.05) is 19.7 Å². The first kappa shape index (κ1) is 13.8. The second-order valence-corrected chi connectivity index (χ2v) is 6.31. The molecule has 1 saturated heterocycles. The van der Waals surface area contributed by atoms with Crippen LogP contribution in [-0.4, -0.2) is 41.3 Å². The molecule has 1 aromatic rings. The smallest absolute Gasteiger partial charge is 0.191 e. The van der Waals surface area contributed by atoms with E-state index in [4.69, 9.17) is 0 Å². The molecule has 0 atom stereocenters. The number of nitrogens with zero attached hydrogens (tertiary/aromatic N) is 2. The van der Waals surface area contributed by atoms with Gasteiger partial charge in [0.2, 0.25) is 0 Å². The second kappa shape index (κ2) is 7.09. The molecule has 4 nitrogen and oxygen atoms in total. The van der Waals surface area contributed by atoms with Crippen molar-refractivity contribution in [3.05, 3.63) is 6.07 Å². The minimum atomic E-state index is 0.789. The van der Waals surface area contributed by atoms with Crippen LogP contribution in [0.15, 0.2) is 11.2 Å². The Morgan fingerprint density at radius 2 is 2.06 bits per heavy atom. The number of rotatable bonds is 5. The molecule has 1 aliphatic rings. The van der Waals surface area contributed by atoms with E-state index in [1.807, 2.05) is 19.4 Å². The monoisotopic (exact) mass is 284 g/mol. The number of anilines is 2. The Labute approximate surface area is 117 Å². The molecule has 0 aliphatic carbocycles. The van der Waals surface area contributed by atoms with E-state index in [9.17, 15) is 0 Å². The van der Waals surface area contributed by atoms with Crippen LogP contribution in [0.3, 0.4) is 0 Å². The second-order valence-electron chi connectivity index (χ2n) is 4.31. The van der Waals surface area contributed by atoms with E-state index in [0.29, 0.717) is 0 Å². The summed E-state index contributed by atoms with van der Waals surface area (Å²) < 4.78 is 0. The Kier molecular flexibility index (Phi) is 5.44. The van der Waals surface area contributed by atoms with Crippen molar-refractivity contribution in [3.8, 4) is 0 Å². The van der Waals surface area contributed by atoms with Crippen LogP contribution in [0, 0.1) is 5.92 Å². The van der Waals surface area contributed by atoms with Crippen molar-refractivity contribution in [1.82, 2.24) is 9.97 Å². The Bertz CT molecular complexity index is 358. The zero-order chi connectivity index (χ0) is 12.8. The van der Waals surface area contributed by atoms with Gasteiger partial charge in [-0.3, -0.25) is 0 Å². The molecular formula is C12H20N4S2. The summed E-state index contributed by atoms with van der Waals surface area (Å²) in [5, 5.41) is 7.33. The zero-order valence-electron chi connectivity index (χ0n) is 10.9. The van der Waals surface area contributed by atoms with E-state index in [-0.39, 0.29) is 0 Å². The molecule has 2 heterocycles. The topological polar surface area (TPSA) is 49.8 Å². The lowest BCUT2D eigenvalue weighted by atomic mass is 10.0. The molecule has 6 heteroatoms. The minimum Gasteiger partial charge on any atom is -0.373 e. The first-order valence-electron chi connectivity index (χ1n) is 6.24. The van der Waals surface area contributed by atoms with Crippen LogP contribution in [0.1, 0.15) is 12.8 Å². The van der Waals surface area contributed by atoms with Crippen LogP contribution < -0.4 is 10.6 Å². The first-order chi connectivity index (χ1) is 8.81. The van der Waals surface area contributed by atoms with E-state index in [1.54, 1.807) is 11.8 Å². The maximum absolute atomic E-state index is 4.48. The van der Waals surface area contributed by atoms with E-state index >= 15 is 0 Å². The molecule has 0 spiro atoms. The average molecular weight is 284 g/mol. The summed E-state index contributed by atoms with van der Waals surface area (Å²) in [4.78, 5) is 8.84. The van der Waals surface area contributed by atoms with Crippen molar-refractivity contribution in [2.45, 2.75) is 18.0 Å². The molecule has 18 heavy (non-hydrogen) atoms. The predicted molar refractivity (Wildman–Crippen MR) is 81.9 cm³/mol. The van der Waals surface area contributed by atoms with Gasteiger partial charge in [0.25, 0.3) is 0 Å². The highest BCUT2D eigenvalue weighted by Crippen LogP contribution is 2.23. The zero-order valence-corrected chi connectivity index (χ0v) is 12.5. The summed E-state index contributed by atoms with van der Waals surface area (Å²) in [5.41, 5.74) is 0. The molecule has 1 fully saturated rings. The molecular weight excluding hydrogens is 264 g/mol. The number of hydrogen-bond donors (Lipinski definition) is 2. The number of hydrogen-bond acceptors (Lipinski definition) is 6. The Morgan fingerprint density at radius 1 is 1.33 bits per heavy atom. The lowest BCUT2D eigenvalue weighted by Crippen LogP contribution is -2.19. The molecule has 100 valence electrons. The molecule has 0 amide bonds. The van der Waals surface area contributed by atoms with Crippen LogP contribution in [-0.2, 0) is 0 Å². The van der Waals surface area contributed by atoms with Gasteiger partial charge in [-0.25, -0.2) is 9.97 Å². The molecule has 0 radical (unpaired) electrons. The van der Waals surface area contributed by atoms with Crippen molar-refractivity contribution >= 4 is 35.2 Å². The summed E-state index contributed by atoms with van der Waals surface area (Å²) in [6, 6.07) is 1.97. The minimum absolute atomic E-state index is 0.789. The average Bonchev–Trinajstić information content (AvgIpc) is 2.45. The Balaban J connectivity index is 1.94. The maximum atomic E-state index is 4.48. The highest BCUT2D eigenvalue weighted by molar-refractivity contribution is 7.99. The summed E-state index contributed by atoms with van der Waals surface area (Å²) in [7, 11) is 1.88. The van der Waals surface area contributed by atoms with Gasteiger partial charge >= 0.3 is 0 Å². The number of nitrogens with one attached hydrogen (secondary N) is 2. The normalized spacial score (nSPS) is 16.6. The molecule has 0 unspecified atom stereocenters. The van der Waals surface area contributed by atoms with Crippen molar-refractivity contribution < 1.29 is 0 Å². The quantitative estimate of drug-likeness (QED) is 0.640. The molecule has 2 rings (SSSR count). The summed E-state index contributed by atoms with van der Waals surface area (Å²) in [6.45, 7) is 1.02. The van der Waals surface area contributed by atoms with Gasteiger partial charge in [-0.1, -0.05) is 11.8 Å².